The van der Waals surface area contributed by atoms with Crippen molar-refractivity contribution in [1.82, 2.24) is 10.2 Å². The van der Waals surface area contributed by atoms with Crippen LogP contribution in [0.4, 0.5) is 0 Å². The molecule has 1 aromatic rings. The van der Waals surface area contributed by atoms with E-state index in [2.05, 4.69) is 10.2 Å². The molecule has 29 heavy (non-hydrogen) atoms. The van der Waals surface area contributed by atoms with E-state index in [0.29, 0.717) is 30.7 Å². The van der Waals surface area contributed by atoms with Crippen molar-refractivity contribution in [2.45, 2.75) is 18.9 Å². The summed E-state index contributed by atoms with van der Waals surface area (Å²) in [6.07, 6.45) is 7.53. The van der Waals surface area contributed by atoms with Gasteiger partial charge in [-0.3, -0.25) is 4.79 Å². The first-order valence-corrected chi connectivity index (χ1v) is 9.53. The maximum atomic E-state index is 12.5. The van der Waals surface area contributed by atoms with Gasteiger partial charge in [-0.2, -0.15) is 0 Å². The standard InChI is InChI=1S/C17H20N2O2.C4H4O4/c20-17(18-15-11-19-7-5-12(15)6-8-19)14-3-4-16-13(10-14)2-1-9-21-16;5-3(6)1-2-4(7)8/h1-4,10,12,15H,5-9,11H2,(H,18,20);1-2H,(H,5,6)(H,7,8)/t15-;/m0./s1. The van der Waals surface area contributed by atoms with Gasteiger partial charge in [0.05, 0.1) is 0 Å². The van der Waals surface area contributed by atoms with E-state index in [1.807, 2.05) is 30.4 Å². The van der Waals surface area contributed by atoms with Crippen LogP contribution in [0.2, 0.25) is 0 Å². The van der Waals surface area contributed by atoms with Crippen LogP contribution in [-0.2, 0) is 9.59 Å². The molecule has 8 heteroatoms. The van der Waals surface area contributed by atoms with Crippen LogP contribution in [-0.4, -0.2) is 65.2 Å². The summed E-state index contributed by atoms with van der Waals surface area (Å²) in [7, 11) is 0. The van der Waals surface area contributed by atoms with Crippen molar-refractivity contribution in [3.8, 4) is 5.75 Å². The Morgan fingerprint density at radius 3 is 2.38 bits per heavy atom. The minimum atomic E-state index is -1.26. The van der Waals surface area contributed by atoms with E-state index in [0.717, 1.165) is 23.4 Å². The summed E-state index contributed by atoms with van der Waals surface area (Å²) in [6.45, 7) is 4.00. The lowest BCUT2D eigenvalue weighted by atomic mass is 9.84. The van der Waals surface area contributed by atoms with Crippen molar-refractivity contribution >= 4 is 23.9 Å². The fourth-order valence-electron chi connectivity index (χ4n) is 3.79. The highest BCUT2D eigenvalue weighted by atomic mass is 16.5. The van der Waals surface area contributed by atoms with Gasteiger partial charge in [0.1, 0.15) is 12.4 Å². The first kappa shape index (κ1) is 20.6. The largest absolute Gasteiger partial charge is 0.489 e. The van der Waals surface area contributed by atoms with E-state index in [1.54, 1.807) is 0 Å². The van der Waals surface area contributed by atoms with Crippen LogP contribution in [0, 0.1) is 5.92 Å². The molecular formula is C21H24N2O6. The molecule has 0 aromatic heterocycles. The van der Waals surface area contributed by atoms with E-state index in [-0.39, 0.29) is 5.91 Å². The lowest BCUT2D eigenvalue weighted by molar-refractivity contribution is -0.134. The van der Waals surface area contributed by atoms with E-state index in [9.17, 15) is 14.4 Å². The van der Waals surface area contributed by atoms with Crippen LogP contribution >= 0.6 is 0 Å². The number of benzene rings is 1. The summed E-state index contributed by atoms with van der Waals surface area (Å²) in [5.41, 5.74) is 1.71. The summed E-state index contributed by atoms with van der Waals surface area (Å²) in [5.74, 6) is -0.966. The molecule has 1 amide bonds. The molecule has 8 nitrogen and oxygen atoms in total. The molecule has 1 aromatic carbocycles. The number of carbonyl (C=O) groups is 3. The summed E-state index contributed by atoms with van der Waals surface area (Å²) < 4.78 is 5.52. The fraction of sp³-hybridized carbons (Fsp3) is 0.381. The third kappa shape index (κ3) is 5.68. The predicted octanol–water partition coefficient (Wildman–Crippen LogP) is 1.63. The second-order valence-electron chi connectivity index (χ2n) is 7.19. The zero-order valence-corrected chi connectivity index (χ0v) is 15.9. The normalized spacial score (nSPS) is 24.1. The number of fused-ring (bicyclic) bond motifs is 4. The minimum Gasteiger partial charge on any atom is -0.489 e. The van der Waals surface area contributed by atoms with Crippen LogP contribution in [0.5, 0.6) is 5.75 Å². The lowest BCUT2D eigenvalue weighted by Crippen LogP contribution is -2.57. The Morgan fingerprint density at radius 1 is 1.10 bits per heavy atom. The van der Waals surface area contributed by atoms with Crippen molar-refractivity contribution in [3.63, 3.8) is 0 Å². The van der Waals surface area contributed by atoms with Crippen LogP contribution in [0.1, 0.15) is 28.8 Å². The van der Waals surface area contributed by atoms with Crippen LogP contribution in [0.25, 0.3) is 6.08 Å². The smallest absolute Gasteiger partial charge is 0.328 e. The number of ether oxygens (including phenoxy) is 1. The zero-order chi connectivity index (χ0) is 20.8. The molecule has 4 aliphatic rings. The number of aliphatic carboxylic acids is 2. The van der Waals surface area contributed by atoms with Crippen molar-refractivity contribution in [3.05, 3.63) is 47.6 Å². The number of piperidine rings is 3. The lowest BCUT2D eigenvalue weighted by Gasteiger charge is -2.44. The van der Waals surface area contributed by atoms with Crippen LogP contribution in [0.15, 0.2) is 36.4 Å². The van der Waals surface area contributed by atoms with Gasteiger partial charge in [-0.05, 0) is 56.1 Å². The van der Waals surface area contributed by atoms with E-state index in [1.165, 1.54) is 25.9 Å². The molecule has 3 fully saturated rings. The maximum Gasteiger partial charge on any atom is 0.328 e. The number of nitrogens with one attached hydrogen (secondary N) is 1. The van der Waals surface area contributed by atoms with Crippen molar-refractivity contribution in [2.24, 2.45) is 5.92 Å². The van der Waals surface area contributed by atoms with Gasteiger partial charge in [-0.15, -0.1) is 0 Å². The highest BCUT2D eigenvalue weighted by molar-refractivity contribution is 5.95. The Bertz CT molecular complexity index is 824. The highest BCUT2D eigenvalue weighted by Crippen LogP contribution is 2.28. The molecule has 4 aliphatic heterocycles. The third-order valence-corrected chi connectivity index (χ3v) is 5.25. The topological polar surface area (TPSA) is 116 Å². The first-order chi connectivity index (χ1) is 13.9. The molecule has 1 atom stereocenters. The van der Waals surface area contributed by atoms with Crippen molar-refractivity contribution < 1.29 is 29.3 Å². The van der Waals surface area contributed by atoms with Crippen LogP contribution in [0.3, 0.4) is 0 Å². The number of hydrogen-bond donors (Lipinski definition) is 3. The van der Waals surface area contributed by atoms with E-state index < -0.39 is 11.9 Å². The summed E-state index contributed by atoms with van der Waals surface area (Å²) in [4.78, 5) is 34.0. The second kappa shape index (κ2) is 9.38. The molecule has 0 radical (unpaired) electrons. The molecule has 5 rings (SSSR count). The Balaban J connectivity index is 0.000000258. The van der Waals surface area contributed by atoms with Crippen molar-refractivity contribution in [1.29, 1.82) is 0 Å². The van der Waals surface area contributed by atoms with Crippen LogP contribution < -0.4 is 10.1 Å². The van der Waals surface area contributed by atoms with E-state index >= 15 is 0 Å². The number of carbonyl (C=O) groups excluding carboxylic acids is 1. The highest BCUT2D eigenvalue weighted by Gasteiger charge is 2.34. The van der Waals surface area contributed by atoms with E-state index in [4.69, 9.17) is 14.9 Å². The van der Waals surface area contributed by atoms with Gasteiger partial charge in [0, 0.05) is 35.9 Å². The molecular weight excluding hydrogens is 376 g/mol. The molecule has 2 bridgehead atoms. The maximum absolute atomic E-state index is 12.5. The average Bonchev–Trinajstić information content (AvgIpc) is 2.73. The molecule has 0 saturated carbocycles. The molecule has 154 valence electrons. The van der Waals surface area contributed by atoms with Gasteiger partial charge in [0.2, 0.25) is 0 Å². The Labute approximate surface area is 168 Å². The van der Waals surface area contributed by atoms with Crippen molar-refractivity contribution in [2.75, 3.05) is 26.2 Å². The average molecular weight is 400 g/mol. The summed E-state index contributed by atoms with van der Waals surface area (Å²) in [6, 6.07) is 5.98. The fourth-order valence-corrected chi connectivity index (χ4v) is 3.79. The number of nitrogens with zero attached hydrogens (tertiary/aromatic N) is 1. The molecule has 3 N–H and O–H groups in total. The monoisotopic (exact) mass is 400 g/mol. The SMILES string of the molecule is O=C(N[C@H]1CN2CCC1CC2)c1ccc2c(c1)C=CCO2.O=C(O)C=CC(=O)O. The van der Waals surface area contributed by atoms with Gasteiger partial charge in [-0.1, -0.05) is 6.08 Å². The molecule has 0 spiro atoms. The molecule has 0 unspecified atom stereocenters. The number of carboxylic acids is 2. The molecule has 3 saturated heterocycles. The third-order valence-electron chi connectivity index (χ3n) is 5.25. The number of hydrogen-bond acceptors (Lipinski definition) is 5. The second-order valence-corrected chi connectivity index (χ2v) is 7.19. The van der Waals surface area contributed by atoms with Gasteiger partial charge < -0.3 is 25.2 Å². The Morgan fingerprint density at radius 2 is 1.79 bits per heavy atom. The first-order valence-electron chi connectivity index (χ1n) is 9.53. The number of amides is 1. The van der Waals surface area contributed by atoms with Gasteiger partial charge in [0.15, 0.2) is 0 Å². The Kier molecular flexibility index (Phi) is 6.66. The number of rotatable bonds is 4. The zero-order valence-electron chi connectivity index (χ0n) is 15.9. The van der Waals surface area contributed by atoms with Gasteiger partial charge in [0.25, 0.3) is 5.91 Å². The molecule has 4 heterocycles. The summed E-state index contributed by atoms with van der Waals surface area (Å²) in [5, 5.41) is 18.9. The quantitative estimate of drug-likeness (QED) is 0.658. The predicted molar refractivity (Wildman–Crippen MR) is 106 cm³/mol. The van der Waals surface area contributed by atoms with Gasteiger partial charge in [-0.25, -0.2) is 9.59 Å². The number of carboxylic acid groups (broad SMARTS) is 2. The summed E-state index contributed by atoms with van der Waals surface area (Å²) >= 11 is 0. The Hall–Kier alpha value is -3.13. The van der Waals surface area contributed by atoms with Gasteiger partial charge >= 0.3 is 11.9 Å². The minimum absolute atomic E-state index is 0.0375. The molecule has 0 aliphatic carbocycles.